The monoisotopic (exact) mass is 438 g/mol. The summed E-state index contributed by atoms with van der Waals surface area (Å²) in [5.41, 5.74) is 3.78. The molecule has 0 radical (unpaired) electrons. The number of aryl methyl sites for hydroxylation is 1. The normalized spacial score (nSPS) is 10.9. The van der Waals surface area contributed by atoms with Crippen LogP contribution in [0.1, 0.15) is 0 Å². The van der Waals surface area contributed by atoms with Gasteiger partial charge < -0.3 is 14.2 Å². The Kier molecular flexibility index (Phi) is 5.36. The van der Waals surface area contributed by atoms with Crippen LogP contribution >= 0.6 is 0 Å². The van der Waals surface area contributed by atoms with Crippen LogP contribution in [0, 0.1) is 0 Å². The van der Waals surface area contributed by atoms with Crippen LogP contribution in [0.2, 0.25) is 0 Å². The minimum Gasteiger partial charge on any atom is -0.493 e. The maximum absolute atomic E-state index is 6.18. The molecule has 3 aromatic carbocycles. The molecular formula is C26H22N4O3. The van der Waals surface area contributed by atoms with Crippen LogP contribution in [0.15, 0.2) is 79.0 Å². The Labute approximate surface area is 191 Å². The number of benzene rings is 3. The first kappa shape index (κ1) is 20.5. The third-order valence-corrected chi connectivity index (χ3v) is 5.35. The van der Waals surface area contributed by atoms with Crippen molar-refractivity contribution in [2.45, 2.75) is 0 Å². The van der Waals surface area contributed by atoms with Gasteiger partial charge in [-0.3, -0.25) is 4.68 Å². The third kappa shape index (κ3) is 3.96. The summed E-state index contributed by atoms with van der Waals surface area (Å²) in [6.07, 6.45) is 1.70. The van der Waals surface area contributed by atoms with Gasteiger partial charge in [0, 0.05) is 18.7 Å². The van der Waals surface area contributed by atoms with Crippen molar-refractivity contribution in [2.75, 3.05) is 14.2 Å². The average molecular weight is 438 g/mol. The van der Waals surface area contributed by atoms with Crippen LogP contribution < -0.4 is 14.2 Å². The highest BCUT2D eigenvalue weighted by Gasteiger charge is 2.16. The largest absolute Gasteiger partial charge is 0.493 e. The van der Waals surface area contributed by atoms with Crippen molar-refractivity contribution in [2.24, 2.45) is 7.05 Å². The zero-order valence-corrected chi connectivity index (χ0v) is 18.5. The molecule has 0 N–H and O–H groups in total. The quantitative estimate of drug-likeness (QED) is 0.348. The highest BCUT2D eigenvalue weighted by Crippen LogP contribution is 2.35. The van der Waals surface area contributed by atoms with E-state index in [1.54, 1.807) is 43.3 Å². The lowest BCUT2D eigenvalue weighted by molar-refractivity contribution is 0.352. The van der Waals surface area contributed by atoms with Crippen molar-refractivity contribution in [3.8, 4) is 45.6 Å². The predicted molar refractivity (Wildman–Crippen MR) is 127 cm³/mol. The molecular weight excluding hydrogens is 416 g/mol. The lowest BCUT2D eigenvalue weighted by atomic mass is 10.0. The van der Waals surface area contributed by atoms with Crippen LogP contribution in [0.25, 0.3) is 33.5 Å². The van der Waals surface area contributed by atoms with Crippen LogP contribution in [-0.4, -0.2) is 34.0 Å². The summed E-state index contributed by atoms with van der Waals surface area (Å²) in [7, 11) is 5.03. The fourth-order valence-corrected chi connectivity index (χ4v) is 3.66. The predicted octanol–water partition coefficient (Wildman–Crippen LogP) is 5.51. The first-order valence-corrected chi connectivity index (χ1v) is 10.4. The third-order valence-electron chi connectivity index (χ3n) is 5.35. The summed E-state index contributed by atoms with van der Waals surface area (Å²) in [5, 5.41) is 5.07. The van der Waals surface area contributed by atoms with E-state index in [1.165, 1.54) is 0 Å². The molecule has 0 amide bonds. The van der Waals surface area contributed by atoms with Crippen molar-refractivity contribution in [1.82, 2.24) is 19.7 Å². The number of rotatable bonds is 6. The highest BCUT2D eigenvalue weighted by atomic mass is 16.5. The van der Waals surface area contributed by atoms with Gasteiger partial charge in [-0.05, 0) is 29.3 Å². The first-order valence-electron chi connectivity index (χ1n) is 10.4. The van der Waals surface area contributed by atoms with Gasteiger partial charge in [-0.15, -0.1) is 0 Å². The average Bonchev–Trinajstić information content (AvgIpc) is 3.25. The molecule has 0 spiro atoms. The van der Waals surface area contributed by atoms with Gasteiger partial charge in [0.2, 0.25) is 5.88 Å². The zero-order valence-electron chi connectivity index (χ0n) is 18.5. The molecule has 0 saturated carbocycles. The number of hydrogen-bond acceptors (Lipinski definition) is 6. The van der Waals surface area contributed by atoms with E-state index in [9.17, 15) is 0 Å². The van der Waals surface area contributed by atoms with Crippen LogP contribution in [0.5, 0.6) is 23.1 Å². The van der Waals surface area contributed by atoms with Gasteiger partial charge in [-0.1, -0.05) is 48.5 Å². The topological polar surface area (TPSA) is 71.3 Å². The van der Waals surface area contributed by atoms with Gasteiger partial charge in [0.15, 0.2) is 23.0 Å². The second-order valence-corrected chi connectivity index (χ2v) is 7.42. The molecule has 2 aromatic heterocycles. The Balaban J connectivity index is 1.59. The summed E-state index contributed by atoms with van der Waals surface area (Å²) in [6, 6.07) is 23.7. The van der Waals surface area contributed by atoms with Crippen molar-refractivity contribution in [3.05, 3.63) is 79.0 Å². The van der Waals surface area contributed by atoms with Crippen molar-refractivity contribution < 1.29 is 14.2 Å². The molecule has 7 nitrogen and oxygen atoms in total. The van der Waals surface area contributed by atoms with Gasteiger partial charge >= 0.3 is 0 Å². The molecule has 5 rings (SSSR count). The number of fused-ring (bicyclic) bond motifs is 1. The van der Waals surface area contributed by atoms with Gasteiger partial charge in [-0.2, -0.15) is 10.1 Å². The van der Waals surface area contributed by atoms with Crippen molar-refractivity contribution in [1.29, 1.82) is 0 Å². The van der Waals surface area contributed by atoms with E-state index in [1.807, 2.05) is 37.4 Å². The smallest absolute Gasteiger partial charge is 0.234 e. The van der Waals surface area contributed by atoms with Crippen LogP contribution in [-0.2, 0) is 7.05 Å². The second-order valence-electron chi connectivity index (χ2n) is 7.42. The maximum Gasteiger partial charge on any atom is 0.234 e. The minimum absolute atomic E-state index is 0.417. The summed E-state index contributed by atoms with van der Waals surface area (Å²) in [6.45, 7) is 0. The summed E-state index contributed by atoms with van der Waals surface area (Å²) in [5.74, 6) is 2.74. The molecule has 0 aliphatic carbocycles. The summed E-state index contributed by atoms with van der Waals surface area (Å²) < 4.78 is 18.6. The molecule has 7 heteroatoms. The fourth-order valence-electron chi connectivity index (χ4n) is 3.66. The molecule has 0 unspecified atom stereocenters. The number of ether oxygens (including phenoxy) is 3. The Morgan fingerprint density at radius 3 is 2.27 bits per heavy atom. The van der Waals surface area contributed by atoms with E-state index in [4.69, 9.17) is 24.2 Å². The van der Waals surface area contributed by atoms with E-state index in [2.05, 4.69) is 29.4 Å². The zero-order chi connectivity index (χ0) is 22.8. The van der Waals surface area contributed by atoms with E-state index >= 15 is 0 Å². The number of methoxy groups -OCH3 is 2. The van der Waals surface area contributed by atoms with Crippen molar-refractivity contribution in [3.63, 3.8) is 0 Å². The Hall–Kier alpha value is -4.39. The molecule has 0 bridgehead atoms. The lowest BCUT2D eigenvalue weighted by Gasteiger charge is -2.12. The fraction of sp³-hybridized carbons (Fsp3) is 0.115. The van der Waals surface area contributed by atoms with E-state index in [-0.39, 0.29) is 0 Å². The van der Waals surface area contributed by atoms with Gasteiger partial charge in [0.05, 0.1) is 20.4 Å². The Morgan fingerprint density at radius 2 is 1.48 bits per heavy atom. The molecule has 33 heavy (non-hydrogen) atoms. The van der Waals surface area contributed by atoms with E-state index < -0.39 is 0 Å². The molecule has 0 saturated heterocycles. The molecule has 0 fully saturated rings. The van der Waals surface area contributed by atoms with Gasteiger partial charge in [0.25, 0.3) is 0 Å². The van der Waals surface area contributed by atoms with Gasteiger partial charge in [0.1, 0.15) is 11.1 Å². The number of nitrogens with zero attached hydrogens (tertiary/aromatic N) is 4. The second kappa shape index (κ2) is 8.63. The summed E-state index contributed by atoms with van der Waals surface area (Å²) in [4.78, 5) is 9.52. The number of hydrogen-bond donors (Lipinski definition) is 0. The molecule has 0 aliphatic rings. The van der Waals surface area contributed by atoms with E-state index in [0.717, 1.165) is 22.1 Å². The lowest BCUT2D eigenvalue weighted by Crippen LogP contribution is -1.99. The highest BCUT2D eigenvalue weighted by molar-refractivity contribution is 5.83. The molecule has 0 aliphatic heterocycles. The first-order chi connectivity index (χ1) is 16.2. The molecule has 0 atom stereocenters. The maximum atomic E-state index is 6.18. The summed E-state index contributed by atoms with van der Waals surface area (Å²) >= 11 is 0. The van der Waals surface area contributed by atoms with Gasteiger partial charge in [-0.25, -0.2) is 4.98 Å². The molecule has 164 valence electrons. The standard InChI is InChI=1S/C26H22N4O3/c1-30-25-21(16-27-30)26(33-20-12-13-22(31-2)23(15-20)32-3)29-24(28-25)19-11-7-10-18(14-19)17-8-5-4-6-9-17/h4-16H,1-3H3. The Bertz CT molecular complexity index is 1430. The number of aromatic nitrogens is 4. The van der Waals surface area contributed by atoms with Crippen LogP contribution in [0.3, 0.4) is 0 Å². The SMILES string of the molecule is COc1ccc(Oc2nc(-c3cccc(-c4ccccc4)c3)nc3c2cnn3C)cc1OC. The van der Waals surface area contributed by atoms with E-state index in [0.29, 0.717) is 34.6 Å². The molecule has 2 heterocycles. The van der Waals surface area contributed by atoms with Crippen LogP contribution in [0.4, 0.5) is 0 Å². The Morgan fingerprint density at radius 1 is 0.727 bits per heavy atom. The molecule has 5 aromatic rings. The van der Waals surface area contributed by atoms with Crippen molar-refractivity contribution >= 4 is 11.0 Å². The minimum atomic E-state index is 0.417.